The minimum absolute atomic E-state index is 0.298. The number of nitrogens with one attached hydrogen (secondary N) is 1. The van der Waals surface area contributed by atoms with Crippen molar-refractivity contribution in [3.05, 3.63) is 54.0 Å². The van der Waals surface area contributed by atoms with Crippen molar-refractivity contribution in [2.24, 2.45) is 0 Å². The van der Waals surface area contributed by atoms with Gasteiger partial charge in [-0.15, -0.1) is 0 Å². The van der Waals surface area contributed by atoms with Crippen LogP contribution in [0.4, 0.5) is 0 Å². The molecule has 0 fully saturated rings. The van der Waals surface area contributed by atoms with Crippen LogP contribution < -0.4 is 0 Å². The Bertz CT molecular complexity index is 625. The van der Waals surface area contributed by atoms with E-state index in [2.05, 4.69) is 15.0 Å². The second-order valence-electron chi connectivity index (χ2n) is 4.22. The number of imidazole rings is 1. The Hall–Kier alpha value is -2.36. The number of H-pyrrole nitrogens is 1. The van der Waals surface area contributed by atoms with E-state index in [4.69, 9.17) is 0 Å². The smallest absolute Gasteiger partial charge is 0.177 e. The molecule has 0 radical (unpaired) electrons. The summed E-state index contributed by atoms with van der Waals surface area (Å²) in [4.78, 5) is 11.9. The Morgan fingerprint density at radius 3 is 2.67 bits per heavy atom. The number of aryl methyl sites for hydroxylation is 2. The molecule has 18 heavy (non-hydrogen) atoms. The van der Waals surface area contributed by atoms with E-state index in [1.54, 1.807) is 18.3 Å². The first-order valence-electron chi connectivity index (χ1n) is 5.89. The summed E-state index contributed by atoms with van der Waals surface area (Å²) in [5, 5.41) is 9.21. The Morgan fingerprint density at radius 2 is 1.89 bits per heavy atom. The summed E-state index contributed by atoms with van der Waals surface area (Å²) < 4.78 is 0. The molecule has 90 valence electrons. The van der Waals surface area contributed by atoms with Crippen molar-refractivity contribution in [2.75, 3.05) is 0 Å². The van der Waals surface area contributed by atoms with Crippen LogP contribution in [0.1, 0.15) is 11.4 Å². The van der Waals surface area contributed by atoms with Gasteiger partial charge in [0.05, 0.1) is 5.52 Å². The highest BCUT2D eigenvalue weighted by molar-refractivity contribution is 5.69. The van der Waals surface area contributed by atoms with Gasteiger partial charge in [0, 0.05) is 12.6 Å². The number of hydrogen-bond donors (Lipinski definition) is 2. The fourth-order valence-corrected chi connectivity index (χ4v) is 1.94. The number of phenols is 1. The van der Waals surface area contributed by atoms with Gasteiger partial charge in [0.2, 0.25) is 0 Å². The van der Waals surface area contributed by atoms with Gasteiger partial charge in [-0.25, -0.2) is 9.97 Å². The quantitative estimate of drug-likeness (QED) is 0.738. The number of aromatic hydroxyl groups is 1. The third-order valence-corrected chi connectivity index (χ3v) is 2.89. The van der Waals surface area contributed by atoms with E-state index in [1.165, 1.54) is 5.56 Å². The fourth-order valence-electron chi connectivity index (χ4n) is 1.94. The van der Waals surface area contributed by atoms with Gasteiger partial charge in [-0.05, 0) is 36.2 Å². The molecule has 0 unspecified atom stereocenters. The largest absolute Gasteiger partial charge is 0.508 e. The minimum atomic E-state index is 0.298. The van der Waals surface area contributed by atoms with Crippen molar-refractivity contribution in [2.45, 2.75) is 12.8 Å². The number of pyridine rings is 1. The number of phenolic OH excluding ortho intramolecular Hbond substituents is 1. The van der Waals surface area contributed by atoms with Crippen molar-refractivity contribution in [3.8, 4) is 5.75 Å². The number of benzene rings is 1. The van der Waals surface area contributed by atoms with Crippen LogP contribution in [-0.4, -0.2) is 20.1 Å². The summed E-state index contributed by atoms with van der Waals surface area (Å²) in [5.41, 5.74) is 2.91. The van der Waals surface area contributed by atoms with Gasteiger partial charge in [-0.3, -0.25) is 0 Å². The summed E-state index contributed by atoms with van der Waals surface area (Å²) in [6.07, 6.45) is 3.47. The first-order valence-corrected chi connectivity index (χ1v) is 5.89. The molecule has 3 rings (SSSR count). The summed E-state index contributed by atoms with van der Waals surface area (Å²) in [5.74, 6) is 1.24. The Labute approximate surface area is 104 Å². The monoisotopic (exact) mass is 239 g/mol. The van der Waals surface area contributed by atoms with E-state index in [0.29, 0.717) is 5.75 Å². The van der Waals surface area contributed by atoms with E-state index in [0.717, 1.165) is 29.8 Å². The van der Waals surface area contributed by atoms with Crippen LogP contribution in [0.25, 0.3) is 11.2 Å². The number of aromatic nitrogens is 3. The average Bonchev–Trinajstić information content (AvgIpc) is 2.81. The predicted octanol–water partition coefficient (Wildman–Crippen LogP) is 2.45. The number of rotatable bonds is 3. The van der Waals surface area contributed by atoms with Crippen LogP contribution in [0.2, 0.25) is 0 Å². The molecular formula is C14H13N3O. The molecule has 2 heterocycles. The lowest BCUT2D eigenvalue weighted by Crippen LogP contribution is -1.93. The summed E-state index contributed by atoms with van der Waals surface area (Å²) in [6, 6.07) is 11.1. The molecule has 0 bridgehead atoms. The molecule has 1 aromatic carbocycles. The molecule has 0 saturated heterocycles. The van der Waals surface area contributed by atoms with Crippen molar-refractivity contribution in [3.63, 3.8) is 0 Å². The van der Waals surface area contributed by atoms with Crippen molar-refractivity contribution >= 4 is 11.2 Å². The van der Waals surface area contributed by atoms with E-state index in [9.17, 15) is 5.11 Å². The van der Waals surface area contributed by atoms with Crippen molar-refractivity contribution in [1.82, 2.24) is 15.0 Å². The third-order valence-electron chi connectivity index (χ3n) is 2.89. The predicted molar refractivity (Wildman–Crippen MR) is 69.4 cm³/mol. The molecule has 3 aromatic rings. The van der Waals surface area contributed by atoms with Gasteiger partial charge in [0.25, 0.3) is 0 Å². The van der Waals surface area contributed by atoms with Gasteiger partial charge in [-0.1, -0.05) is 12.1 Å². The lowest BCUT2D eigenvalue weighted by atomic mass is 10.1. The molecule has 0 aliphatic heterocycles. The highest BCUT2D eigenvalue weighted by Crippen LogP contribution is 2.13. The maximum absolute atomic E-state index is 9.21. The molecule has 0 amide bonds. The molecular weight excluding hydrogens is 226 g/mol. The zero-order valence-corrected chi connectivity index (χ0v) is 9.80. The molecule has 4 heteroatoms. The van der Waals surface area contributed by atoms with E-state index in [1.807, 2.05) is 24.3 Å². The van der Waals surface area contributed by atoms with E-state index in [-0.39, 0.29) is 0 Å². The fraction of sp³-hybridized carbons (Fsp3) is 0.143. The lowest BCUT2D eigenvalue weighted by molar-refractivity contribution is 0.475. The Morgan fingerprint density at radius 1 is 1.06 bits per heavy atom. The van der Waals surface area contributed by atoms with Crippen LogP contribution in [0, 0.1) is 0 Å². The van der Waals surface area contributed by atoms with Crippen LogP contribution >= 0.6 is 0 Å². The van der Waals surface area contributed by atoms with Crippen LogP contribution in [0.15, 0.2) is 42.6 Å². The highest BCUT2D eigenvalue weighted by Gasteiger charge is 2.03. The summed E-state index contributed by atoms with van der Waals surface area (Å²) in [7, 11) is 0. The third kappa shape index (κ3) is 2.18. The normalized spacial score (nSPS) is 10.9. The second-order valence-corrected chi connectivity index (χ2v) is 4.22. The first kappa shape index (κ1) is 10.8. The second kappa shape index (κ2) is 4.49. The summed E-state index contributed by atoms with van der Waals surface area (Å²) >= 11 is 0. The SMILES string of the molecule is Oc1ccc(CCc2nc3ncccc3[nH]2)cc1. The summed E-state index contributed by atoms with van der Waals surface area (Å²) in [6.45, 7) is 0. The number of aromatic amines is 1. The minimum Gasteiger partial charge on any atom is -0.508 e. The van der Waals surface area contributed by atoms with E-state index >= 15 is 0 Å². The van der Waals surface area contributed by atoms with Crippen LogP contribution in [0.3, 0.4) is 0 Å². The molecule has 0 aliphatic carbocycles. The maximum atomic E-state index is 9.21. The van der Waals surface area contributed by atoms with Crippen molar-refractivity contribution < 1.29 is 5.11 Å². The number of nitrogens with zero attached hydrogens (tertiary/aromatic N) is 2. The van der Waals surface area contributed by atoms with Crippen molar-refractivity contribution in [1.29, 1.82) is 0 Å². The van der Waals surface area contributed by atoms with Gasteiger partial charge >= 0.3 is 0 Å². The topological polar surface area (TPSA) is 61.8 Å². The molecule has 0 atom stereocenters. The van der Waals surface area contributed by atoms with Crippen LogP contribution in [0.5, 0.6) is 5.75 Å². The zero-order valence-electron chi connectivity index (χ0n) is 9.80. The van der Waals surface area contributed by atoms with Gasteiger partial charge in [0.15, 0.2) is 5.65 Å². The van der Waals surface area contributed by atoms with Gasteiger partial charge in [-0.2, -0.15) is 0 Å². The van der Waals surface area contributed by atoms with E-state index < -0.39 is 0 Å². The molecule has 0 spiro atoms. The Balaban J connectivity index is 1.74. The average molecular weight is 239 g/mol. The first-order chi connectivity index (χ1) is 8.81. The number of hydrogen-bond acceptors (Lipinski definition) is 3. The molecule has 0 saturated carbocycles. The van der Waals surface area contributed by atoms with Crippen LogP contribution in [-0.2, 0) is 12.8 Å². The molecule has 2 aromatic heterocycles. The molecule has 0 aliphatic rings. The standard InChI is InChI=1S/C14H13N3O/c18-11-6-3-10(4-7-11)5-8-13-16-12-2-1-9-15-14(12)17-13/h1-4,6-7,9,18H,5,8H2,(H,15,16,17). The lowest BCUT2D eigenvalue weighted by Gasteiger charge is -1.99. The maximum Gasteiger partial charge on any atom is 0.177 e. The number of fused-ring (bicyclic) bond motifs is 1. The Kier molecular flexibility index (Phi) is 2.68. The zero-order chi connectivity index (χ0) is 12.4. The van der Waals surface area contributed by atoms with Gasteiger partial charge in [0.1, 0.15) is 11.6 Å². The van der Waals surface area contributed by atoms with Gasteiger partial charge < -0.3 is 10.1 Å². The highest BCUT2D eigenvalue weighted by atomic mass is 16.3. The molecule has 4 nitrogen and oxygen atoms in total. The molecule has 2 N–H and O–H groups in total.